The summed E-state index contributed by atoms with van der Waals surface area (Å²) in [5, 5.41) is 3.12. The van der Waals surface area contributed by atoms with E-state index in [4.69, 9.17) is 0 Å². The van der Waals surface area contributed by atoms with E-state index in [0.29, 0.717) is 0 Å². The van der Waals surface area contributed by atoms with Gasteiger partial charge in [-0.2, -0.15) is 0 Å². The maximum absolute atomic E-state index is 15.1. The minimum Gasteiger partial charge on any atom is -0.352 e. The Morgan fingerprint density at radius 1 is 0.844 bits per heavy atom. The molecule has 7 nitrogen and oxygen atoms in total. The Morgan fingerprint density at radius 3 is 2.09 bits per heavy atom. The van der Waals surface area contributed by atoms with Gasteiger partial charge in [0.2, 0.25) is 11.8 Å². The van der Waals surface area contributed by atoms with E-state index >= 15 is 4.39 Å². The van der Waals surface area contributed by atoms with Gasteiger partial charge in [0.05, 0.1) is 10.6 Å². The van der Waals surface area contributed by atoms with Crippen molar-refractivity contribution >= 4 is 43.5 Å². The van der Waals surface area contributed by atoms with Gasteiger partial charge in [-0.25, -0.2) is 12.8 Å². The second-order valence-corrected chi connectivity index (χ2v) is 13.9. The minimum atomic E-state index is -4.20. The highest BCUT2D eigenvalue weighted by molar-refractivity contribution is 9.10. The van der Waals surface area contributed by atoms with Crippen molar-refractivity contribution in [3.63, 3.8) is 0 Å². The number of benzene rings is 4. The highest BCUT2D eigenvalue weighted by atomic mass is 79.9. The standard InChI is InChI=1S/C35H35BrFN3O4S/c36-28-19-21-30(22-20-28)40(45(43,44)31-16-5-2-6-17-31)25-34(41)39(24-27-13-7-10-18-32(27)37)33(23-26-11-3-1-4-12-26)35(42)38-29-14-8-9-15-29/h1-7,10-13,16-22,29,33H,8-9,14-15,23-25H2,(H,38,42). The first-order valence-corrected chi connectivity index (χ1v) is 17.2. The van der Waals surface area contributed by atoms with Gasteiger partial charge in [0.15, 0.2) is 0 Å². The normalized spacial score (nSPS) is 14.1. The summed E-state index contributed by atoms with van der Waals surface area (Å²) in [6, 6.07) is 28.8. The molecule has 1 unspecified atom stereocenters. The van der Waals surface area contributed by atoms with E-state index in [1.54, 1.807) is 60.7 Å². The fourth-order valence-electron chi connectivity index (χ4n) is 5.59. The Balaban J connectivity index is 1.56. The number of nitrogens with zero attached hydrogens (tertiary/aromatic N) is 2. The molecular formula is C35H35BrFN3O4S. The number of halogens is 2. The van der Waals surface area contributed by atoms with Gasteiger partial charge in [-0.05, 0) is 60.9 Å². The predicted octanol–water partition coefficient (Wildman–Crippen LogP) is 6.48. The second-order valence-electron chi connectivity index (χ2n) is 11.1. The van der Waals surface area contributed by atoms with Crippen LogP contribution in [0.2, 0.25) is 0 Å². The Kier molecular flexibility index (Phi) is 10.7. The van der Waals surface area contributed by atoms with Crippen molar-refractivity contribution in [2.75, 3.05) is 10.8 Å². The number of carbonyl (C=O) groups excluding carboxylic acids is 2. The summed E-state index contributed by atoms with van der Waals surface area (Å²) >= 11 is 3.39. The van der Waals surface area contributed by atoms with Gasteiger partial charge in [0, 0.05) is 29.0 Å². The Bertz CT molecular complexity index is 1700. The van der Waals surface area contributed by atoms with Crippen LogP contribution in [0.4, 0.5) is 10.1 Å². The van der Waals surface area contributed by atoms with Crippen molar-refractivity contribution in [2.24, 2.45) is 0 Å². The zero-order chi connectivity index (χ0) is 31.8. The molecule has 0 aromatic heterocycles. The third-order valence-corrected chi connectivity index (χ3v) is 10.3. The molecule has 45 heavy (non-hydrogen) atoms. The minimum absolute atomic E-state index is 0.0149. The van der Waals surface area contributed by atoms with Crippen molar-refractivity contribution in [1.82, 2.24) is 10.2 Å². The summed E-state index contributed by atoms with van der Waals surface area (Å²) in [4.78, 5) is 29.8. The van der Waals surface area contributed by atoms with E-state index in [2.05, 4.69) is 21.2 Å². The van der Waals surface area contributed by atoms with Crippen LogP contribution in [0.1, 0.15) is 36.8 Å². The first kappa shape index (κ1) is 32.4. The van der Waals surface area contributed by atoms with Crippen LogP contribution in [-0.4, -0.2) is 43.8 Å². The highest BCUT2D eigenvalue weighted by Crippen LogP contribution is 2.27. The van der Waals surface area contributed by atoms with Crippen LogP contribution in [0.3, 0.4) is 0 Å². The molecule has 1 fully saturated rings. The summed E-state index contributed by atoms with van der Waals surface area (Å²) in [5.41, 5.74) is 1.31. The molecule has 2 amide bonds. The van der Waals surface area contributed by atoms with Crippen molar-refractivity contribution in [3.8, 4) is 0 Å². The van der Waals surface area contributed by atoms with Gasteiger partial charge < -0.3 is 10.2 Å². The van der Waals surface area contributed by atoms with Crippen LogP contribution in [0.25, 0.3) is 0 Å². The molecule has 1 aliphatic rings. The number of nitrogens with one attached hydrogen (secondary N) is 1. The number of hydrogen-bond acceptors (Lipinski definition) is 4. The van der Waals surface area contributed by atoms with Crippen molar-refractivity contribution < 1.29 is 22.4 Å². The van der Waals surface area contributed by atoms with Gasteiger partial charge in [0.1, 0.15) is 18.4 Å². The number of amides is 2. The van der Waals surface area contributed by atoms with E-state index in [9.17, 15) is 18.0 Å². The predicted molar refractivity (Wildman–Crippen MR) is 176 cm³/mol. The smallest absolute Gasteiger partial charge is 0.264 e. The first-order chi connectivity index (χ1) is 21.7. The van der Waals surface area contributed by atoms with Gasteiger partial charge in [-0.1, -0.05) is 95.5 Å². The van der Waals surface area contributed by atoms with E-state index in [1.165, 1.54) is 23.1 Å². The van der Waals surface area contributed by atoms with Crippen LogP contribution in [0, 0.1) is 5.82 Å². The fraction of sp³-hybridized carbons (Fsp3) is 0.257. The van der Waals surface area contributed by atoms with Crippen LogP contribution in [-0.2, 0) is 32.6 Å². The largest absolute Gasteiger partial charge is 0.352 e. The molecule has 0 spiro atoms. The van der Waals surface area contributed by atoms with Crippen molar-refractivity contribution in [1.29, 1.82) is 0 Å². The number of rotatable bonds is 12. The van der Waals surface area contributed by atoms with Crippen molar-refractivity contribution in [2.45, 2.75) is 55.6 Å². The SMILES string of the molecule is O=C(NC1CCCC1)C(Cc1ccccc1)N(Cc1ccccc1F)C(=O)CN(c1ccc(Br)cc1)S(=O)(=O)c1ccccc1. The Morgan fingerprint density at radius 2 is 1.44 bits per heavy atom. The van der Waals surface area contributed by atoms with Gasteiger partial charge in [0.25, 0.3) is 10.0 Å². The summed E-state index contributed by atoms with van der Waals surface area (Å²) < 4.78 is 44.9. The van der Waals surface area contributed by atoms with Crippen LogP contribution >= 0.6 is 15.9 Å². The molecule has 0 saturated heterocycles. The molecule has 234 valence electrons. The second kappa shape index (κ2) is 14.8. The Hall–Kier alpha value is -4.02. The lowest BCUT2D eigenvalue weighted by Gasteiger charge is -2.34. The lowest BCUT2D eigenvalue weighted by molar-refractivity contribution is -0.140. The lowest BCUT2D eigenvalue weighted by Crippen LogP contribution is -2.54. The quantitative estimate of drug-likeness (QED) is 0.184. The summed E-state index contributed by atoms with van der Waals surface area (Å²) in [6.45, 7) is -0.823. The molecule has 1 aliphatic carbocycles. The topological polar surface area (TPSA) is 86.8 Å². The zero-order valence-corrected chi connectivity index (χ0v) is 27.1. The molecule has 0 aliphatic heterocycles. The van der Waals surface area contributed by atoms with Crippen LogP contribution in [0.15, 0.2) is 119 Å². The molecule has 4 aromatic carbocycles. The van der Waals surface area contributed by atoms with E-state index in [-0.39, 0.29) is 41.1 Å². The average molecular weight is 693 g/mol. The van der Waals surface area contributed by atoms with E-state index < -0.39 is 34.3 Å². The lowest BCUT2D eigenvalue weighted by atomic mass is 10.0. The molecule has 1 N–H and O–H groups in total. The highest BCUT2D eigenvalue weighted by Gasteiger charge is 2.35. The summed E-state index contributed by atoms with van der Waals surface area (Å²) in [7, 11) is -4.20. The maximum atomic E-state index is 15.1. The molecule has 0 heterocycles. The van der Waals surface area contributed by atoms with E-state index in [1.807, 2.05) is 30.3 Å². The molecule has 4 aromatic rings. The molecule has 0 radical (unpaired) electrons. The number of hydrogen-bond donors (Lipinski definition) is 1. The zero-order valence-electron chi connectivity index (χ0n) is 24.7. The van der Waals surface area contributed by atoms with Gasteiger partial charge >= 0.3 is 0 Å². The van der Waals surface area contributed by atoms with E-state index in [0.717, 1.165) is 40.0 Å². The number of anilines is 1. The molecule has 0 bridgehead atoms. The number of sulfonamides is 1. The average Bonchev–Trinajstić information content (AvgIpc) is 3.56. The van der Waals surface area contributed by atoms with Crippen LogP contribution < -0.4 is 9.62 Å². The molecule has 5 rings (SSSR count). The number of carbonyl (C=O) groups is 2. The maximum Gasteiger partial charge on any atom is 0.264 e. The Labute approximate surface area is 272 Å². The third kappa shape index (κ3) is 8.18. The summed E-state index contributed by atoms with van der Waals surface area (Å²) in [6.07, 6.45) is 3.87. The monoisotopic (exact) mass is 691 g/mol. The first-order valence-electron chi connectivity index (χ1n) is 14.9. The summed E-state index contributed by atoms with van der Waals surface area (Å²) in [5.74, 6) is -1.51. The molecular weight excluding hydrogens is 657 g/mol. The molecule has 1 saturated carbocycles. The fourth-order valence-corrected chi connectivity index (χ4v) is 7.29. The van der Waals surface area contributed by atoms with Crippen molar-refractivity contribution in [3.05, 3.63) is 131 Å². The van der Waals surface area contributed by atoms with Crippen LogP contribution in [0.5, 0.6) is 0 Å². The molecule has 10 heteroatoms. The van der Waals surface area contributed by atoms with Gasteiger partial charge in [-0.3, -0.25) is 13.9 Å². The third-order valence-electron chi connectivity index (χ3n) is 8.00. The van der Waals surface area contributed by atoms with Gasteiger partial charge in [-0.15, -0.1) is 0 Å². The molecule has 1 atom stereocenters.